The van der Waals surface area contributed by atoms with E-state index in [1.165, 1.54) is 50.2 Å². The summed E-state index contributed by atoms with van der Waals surface area (Å²) in [7, 11) is 1.00. The number of aromatic amines is 1. The summed E-state index contributed by atoms with van der Waals surface area (Å²) in [6, 6.07) is 11.3. The van der Waals surface area contributed by atoms with Crippen LogP contribution in [0.2, 0.25) is 0 Å². The van der Waals surface area contributed by atoms with E-state index in [9.17, 15) is 4.79 Å². The smallest absolute Gasteiger partial charge is 0.263 e. The lowest BCUT2D eigenvalue weighted by molar-refractivity contribution is 0.399. The number of nitrogens with zero attached hydrogens (tertiary/aromatic N) is 2. The van der Waals surface area contributed by atoms with E-state index < -0.39 is 0 Å². The molecule has 5 heteroatoms. The Morgan fingerprint density at radius 2 is 1.48 bits per heavy atom. The van der Waals surface area contributed by atoms with Gasteiger partial charge in [-0.3, -0.25) is 9.89 Å². The molecule has 1 fully saturated rings. The molecule has 0 bridgehead atoms. The Hall–Kier alpha value is -2.40. The maximum absolute atomic E-state index is 11.3. The van der Waals surface area contributed by atoms with Crippen LogP contribution in [0.15, 0.2) is 47.4 Å². The van der Waals surface area contributed by atoms with Gasteiger partial charge in [-0.2, -0.15) is 0 Å². The summed E-state index contributed by atoms with van der Waals surface area (Å²) >= 11 is 0. The predicted octanol–water partition coefficient (Wildman–Crippen LogP) is 3.95. The van der Waals surface area contributed by atoms with E-state index in [0.29, 0.717) is 0 Å². The average molecular weight is 341 g/mol. The first-order chi connectivity index (χ1) is 12.2. The summed E-state index contributed by atoms with van der Waals surface area (Å²) in [5.74, 6) is 0. The fourth-order valence-electron chi connectivity index (χ4n) is 2.89. The fraction of sp³-hybridized carbons (Fsp3) is 0.400. The number of fused-ring (bicyclic) bond motifs is 1. The second-order valence-corrected chi connectivity index (χ2v) is 6.13. The molecule has 0 unspecified atom stereocenters. The summed E-state index contributed by atoms with van der Waals surface area (Å²) in [6.07, 6.45) is 10.8. The molecule has 3 aromatic rings. The third-order valence-corrected chi connectivity index (χ3v) is 4.24. The van der Waals surface area contributed by atoms with Gasteiger partial charge in [0, 0.05) is 18.7 Å². The van der Waals surface area contributed by atoms with Crippen LogP contribution in [-0.4, -0.2) is 26.8 Å². The summed E-state index contributed by atoms with van der Waals surface area (Å²) in [6.45, 7) is 2.04. The highest BCUT2D eigenvalue weighted by Gasteiger charge is 2.05. The highest BCUT2D eigenvalue weighted by atomic mass is 16.2. The molecule has 0 atom stereocenters. The van der Waals surface area contributed by atoms with Crippen molar-refractivity contribution in [3.8, 4) is 11.3 Å². The summed E-state index contributed by atoms with van der Waals surface area (Å²) in [5, 5.41) is 9.75. The van der Waals surface area contributed by atoms with E-state index in [1.54, 1.807) is 16.8 Å². The van der Waals surface area contributed by atoms with Gasteiger partial charge in [-0.1, -0.05) is 68.4 Å². The van der Waals surface area contributed by atoms with Crippen molar-refractivity contribution in [2.24, 2.45) is 0 Å². The SMILES string of the molecule is C1CCCCC1.CO.Cc1ccc(-c2cnc3ccc(=O)[nH]n23)cc1. The Balaban J connectivity index is 0.000000237. The van der Waals surface area contributed by atoms with Crippen molar-refractivity contribution in [3.63, 3.8) is 0 Å². The first-order valence-corrected chi connectivity index (χ1v) is 8.82. The number of H-pyrrole nitrogens is 1. The monoisotopic (exact) mass is 341 g/mol. The van der Waals surface area contributed by atoms with Crippen LogP contribution in [0.5, 0.6) is 0 Å². The van der Waals surface area contributed by atoms with E-state index in [0.717, 1.165) is 24.0 Å². The molecule has 2 heterocycles. The minimum atomic E-state index is -0.135. The van der Waals surface area contributed by atoms with Crippen LogP contribution in [-0.2, 0) is 0 Å². The van der Waals surface area contributed by atoms with Gasteiger partial charge in [0.15, 0.2) is 5.65 Å². The van der Waals surface area contributed by atoms with Crippen LogP contribution in [0.3, 0.4) is 0 Å². The number of aliphatic hydroxyl groups excluding tert-OH is 1. The van der Waals surface area contributed by atoms with Crippen molar-refractivity contribution >= 4 is 5.65 Å². The Bertz CT molecular complexity index is 803. The second kappa shape index (κ2) is 9.79. The summed E-state index contributed by atoms with van der Waals surface area (Å²) in [4.78, 5) is 15.6. The highest BCUT2D eigenvalue weighted by Crippen LogP contribution is 2.19. The van der Waals surface area contributed by atoms with Gasteiger partial charge in [-0.15, -0.1) is 0 Å². The lowest BCUT2D eigenvalue weighted by atomic mass is 10.0. The Kier molecular flexibility index (Phi) is 7.41. The molecule has 1 saturated carbocycles. The van der Waals surface area contributed by atoms with Crippen LogP contribution >= 0.6 is 0 Å². The van der Waals surface area contributed by atoms with Gasteiger partial charge >= 0.3 is 0 Å². The summed E-state index contributed by atoms with van der Waals surface area (Å²) in [5.41, 5.74) is 3.72. The van der Waals surface area contributed by atoms with Crippen LogP contribution in [0.4, 0.5) is 0 Å². The summed E-state index contributed by atoms with van der Waals surface area (Å²) < 4.78 is 1.70. The highest BCUT2D eigenvalue weighted by molar-refractivity contribution is 5.62. The molecular formula is C20H27N3O2. The zero-order chi connectivity index (χ0) is 18.1. The van der Waals surface area contributed by atoms with Gasteiger partial charge in [0.2, 0.25) is 0 Å². The number of hydrogen-bond donors (Lipinski definition) is 2. The molecule has 2 aromatic heterocycles. The molecule has 1 aromatic carbocycles. The molecule has 4 rings (SSSR count). The van der Waals surface area contributed by atoms with Crippen LogP contribution < -0.4 is 5.56 Å². The number of benzene rings is 1. The van der Waals surface area contributed by atoms with Crippen molar-refractivity contribution in [1.29, 1.82) is 0 Å². The molecule has 0 aliphatic heterocycles. The standard InChI is InChI=1S/C13H11N3O.C6H12.CH4O/c1-9-2-4-10(5-3-9)11-8-14-12-6-7-13(17)15-16(11)12;1-2-4-6-5-3-1;1-2/h2-8H,1H3,(H,15,17);1-6H2;2H,1H3. The molecule has 2 N–H and O–H groups in total. The van der Waals surface area contributed by atoms with Gasteiger partial charge in [0.05, 0.1) is 11.9 Å². The number of aromatic nitrogens is 3. The molecule has 1 aliphatic rings. The lowest BCUT2D eigenvalue weighted by Crippen LogP contribution is -2.09. The van der Waals surface area contributed by atoms with Gasteiger partial charge in [0.25, 0.3) is 5.56 Å². The number of rotatable bonds is 1. The van der Waals surface area contributed by atoms with Crippen molar-refractivity contribution in [2.45, 2.75) is 45.4 Å². The molecule has 25 heavy (non-hydrogen) atoms. The van der Waals surface area contributed by atoms with Crippen molar-refractivity contribution in [2.75, 3.05) is 7.11 Å². The number of aliphatic hydroxyl groups is 1. The molecule has 0 amide bonds. The largest absolute Gasteiger partial charge is 0.400 e. The fourth-order valence-corrected chi connectivity index (χ4v) is 2.89. The molecular weight excluding hydrogens is 314 g/mol. The number of nitrogens with one attached hydrogen (secondary N) is 1. The third-order valence-electron chi connectivity index (χ3n) is 4.24. The topological polar surface area (TPSA) is 70.4 Å². The van der Waals surface area contributed by atoms with Crippen LogP contribution in [0.1, 0.15) is 44.1 Å². The van der Waals surface area contributed by atoms with Crippen LogP contribution in [0, 0.1) is 6.92 Å². The maximum Gasteiger partial charge on any atom is 0.263 e. The predicted molar refractivity (Wildman–Crippen MR) is 102 cm³/mol. The maximum atomic E-state index is 11.3. The molecule has 0 saturated heterocycles. The second-order valence-electron chi connectivity index (χ2n) is 6.13. The van der Waals surface area contributed by atoms with E-state index in [4.69, 9.17) is 5.11 Å². The zero-order valence-electron chi connectivity index (χ0n) is 15.0. The van der Waals surface area contributed by atoms with Gasteiger partial charge in [-0.05, 0) is 13.0 Å². The van der Waals surface area contributed by atoms with Gasteiger partial charge in [0.1, 0.15) is 0 Å². The van der Waals surface area contributed by atoms with Crippen molar-refractivity contribution in [1.82, 2.24) is 14.6 Å². The number of aryl methyl sites for hydroxylation is 1. The first-order valence-electron chi connectivity index (χ1n) is 8.82. The lowest BCUT2D eigenvalue weighted by Gasteiger charge is -2.05. The molecule has 134 valence electrons. The average Bonchev–Trinajstić information content (AvgIpc) is 3.09. The Morgan fingerprint density at radius 3 is 2.04 bits per heavy atom. The van der Waals surface area contributed by atoms with E-state index in [2.05, 4.69) is 10.1 Å². The minimum absolute atomic E-state index is 0.135. The number of hydrogen-bond acceptors (Lipinski definition) is 3. The van der Waals surface area contributed by atoms with E-state index >= 15 is 0 Å². The molecule has 0 spiro atoms. The van der Waals surface area contributed by atoms with E-state index in [1.807, 2.05) is 31.2 Å². The Labute approximate surface area is 148 Å². The van der Waals surface area contributed by atoms with E-state index in [-0.39, 0.29) is 5.56 Å². The molecule has 0 radical (unpaired) electrons. The normalized spacial score (nSPS) is 13.4. The van der Waals surface area contributed by atoms with Gasteiger partial charge < -0.3 is 5.11 Å². The quantitative estimate of drug-likeness (QED) is 0.704. The molecule has 1 aliphatic carbocycles. The number of imidazole rings is 1. The minimum Gasteiger partial charge on any atom is -0.400 e. The van der Waals surface area contributed by atoms with Crippen molar-refractivity contribution in [3.05, 3.63) is 58.5 Å². The van der Waals surface area contributed by atoms with Crippen LogP contribution in [0.25, 0.3) is 16.9 Å². The van der Waals surface area contributed by atoms with Crippen molar-refractivity contribution < 1.29 is 5.11 Å². The first kappa shape index (κ1) is 18.9. The van der Waals surface area contributed by atoms with Gasteiger partial charge in [-0.25, -0.2) is 9.50 Å². The zero-order valence-corrected chi connectivity index (χ0v) is 15.0. The Morgan fingerprint density at radius 1 is 0.920 bits per heavy atom. The third kappa shape index (κ3) is 5.29. The molecule has 5 nitrogen and oxygen atoms in total.